The van der Waals surface area contributed by atoms with E-state index in [9.17, 15) is 9.90 Å². The molecule has 7 nitrogen and oxygen atoms in total. The highest BCUT2D eigenvalue weighted by Gasteiger charge is 2.25. The molecule has 3 unspecified atom stereocenters. The molecular formula is C22H36N4O3. The lowest BCUT2D eigenvalue weighted by atomic mass is 9.97. The summed E-state index contributed by atoms with van der Waals surface area (Å²) in [6.45, 7) is 14.2. The molecule has 0 aliphatic carbocycles. The summed E-state index contributed by atoms with van der Waals surface area (Å²) in [6.07, 6.45) is 11.3. The van der Waals surface area contributed by atoms with Crippen molar-refractivity contribution in [1.82, 2.24) is 10.6 Å². The largest absolute Gasteiger partial charge is 0.389 e. The van der Waals surface area contributed by atoms with E-state index in [1.807, 2.05) is 32.1 Å². The molecule has 1 amide bonds. The molecule has 7 heteroatoms. The molecule has 0 saturated carbocycles. The van der Waals surface area contributed by atoms with Gasteiger partial charge >= 0.3 is 0 Å². The van der Waals surface area contributed by atoms with Crippen molar-refractivity contribution in [2.24, 2.45) is 10.9 Å². The predicted molar refractivity (Wildman–Crippen MR) is 121 cm³/mol. The van der Waals surface area contributed by atoms with Gasteiger partial charge in [-0.2, -0.15) is 0 Å². The van der Waals surface area contributed by atoms with E-state index in [-0.39, 0.29) is 11.9 Å². The standard InChI is InChI=1S/C22H36N4O3/c1-6-29-15-14-25-21(16-23)20(12-10-18(4)27)22(28)26-19(8-7-13-24-5)11-9-17(2)3/h7,9-13,16,18-21,23,25,27H,2,5-6,8,14-15H2,1,3-4H3,(H,26,28)/b11-9+,12-10+,13-7+,23-16?/t18?,19?,20-,21?/m0/s1. The van der Waals surface area contributed by atoms with Crippen LogP contribution in [0, 0.1) is 11.3 Å². The van der Waals surface area contributed by atoms with E-state index in [1.165, 1.54) is 6.21 Å². The number of amides is 1. The molecule has 0 aliphatic heterocycles. The fourth-order valence-corrected chi connectivity index (χ4v) is 2.41. The Morgan fingerprint density at radius 2 is 2.07 bits per heavy atom. The van der Waals surface area contributed by atoms with Crippen LogP contribution in [0.1, 0.15) is 27.2 Å². The van der Waals surface area contributed by atoms with E-state index in [1.54, 1.807) is 25.3 Å². The van der Waals surface area contributed by atoms with Gasteiger partial charge in [0.2, 0.25) is 5.91 Å². The van der Waals surface area contributed by atoms with Crippen molar-refractivity contribution in [2.45, 2.75) is 45.4 Å². The molecule has 162 valence electrons. The Kier molecular flexibility index (Phi) is 15.2. The van der Waals surface area contributed by atoms with Crippen LogP contribution in [0.3, 0.4) is 0 Å². The number of carbonyl (C=O) groups excluding carboxylic acids is 1. The first kappa shape index (κ1) is 26.6. The van der Waals surface area contributed by atoms with Crippen LogP contribution in [-0.4, -0.2) is 61.9 Å². The minimum Gasteiger partial charge on any atom is -0.389 e. The summed E-state index contributed by atoms with van der Waals surface area (Å²) in [5.41, 5.74) is 0.871. The molecule has 0 saturated heterocycles. The number of allylic oxidation sites excluding steroid dienone is 2. The summed E-state index contributed by atoms with van der Waals surface area (Å²) in [7, 11) is 0. The lowest BCUT2D eigenvalue weighted by molar-refractivity contribution is -0.124. The maximum Gasteiger partial charge on any atom is 0.229 e. The van der Waals surface area contributed by atoms with Gasteiger partial charge in [0, 0.05) is 25.6 Å². The third kappa shape index (κ3) is 13.5. The molecular weight excluding hydrogens is 368 g/mol. The number of hydrogen-bond acceptors (Lipinski definition) is 6. The molecule has 0 aliphatic rings. The Hall–Kier alpha value is -2.35. The topological polar surface area (TPSA) is 107 Å². The number of hydrogen-bond donors (Lipinski definition) is 4. The van der Waals surface area contributed by atoms with E-state index in [0.29, 0.717) is 26.2 Å². The van der Waals surface area contributed by atoms with Crippen LogP contribution in [0.25, 0.3) is 0 Å². The van der Waals surface area contributed by atoms with Gasteiger partial charge in [-0.1, -0.05) is 42.5 Å². The minimum atomic E-state index is -0.694. The number of aliphatic hydroxyl groups excluding tert-OH is 1. The summed E-state index contributed by atoms with van der Waals surface area (Å²) < 4.78 is 5.31. The molecule has 0 heterocycles. The van der Waals surface area contributed by atoms with Crippen molar-refractivity contribution in [1.29, 1.82) is 5.41 Å². The van der Waals surface area contributed by atoms with Crippen molar-refractivity contribution >= 4 is 18.8 Å². The van der Waals surface area contributed by atoms with Crippen molar-refractivity contribution in [3.8, 4) is 0 Å². The zero-order valence-electron chi connectivity index (χ0n) is 17.8. The second kappa shape index (κ2) is 16.6. The highest BCUT2D eigenvalue weighted by molar-refractivity contribution is 5.85. The second-order valence-electron chi connectivity index (χ2n) is 6.62. The molecule has 29 heavy (non-hydrogen) atoms. The second-order valence-corrected chi connectivity index (χ2v) is 6.62. The van der Waals surface area contributed by atoms with Gasteiger partial charge in [-0.25, -0.2) is 0 Å². The number of rotatable bonds is 16. The minimum absolute atomic E-state index is 0.254. The zero-order valence-corrected chi connectivity index (χ0v) is 17.8. The van der Waals surface area contributed by atoms with E-state index in [0.717, 1.165) is 5.57 Å². The third-order valence-corrected chi connectivity index (χ3v) is 3.84. The van der Waals surface area contributed by atoms with Gasteiger partial charge in [0.25, 0.3) is 0 Å². The average molecular weight is 405 g/mol. The van der Waals surface area contributed by atoms with E-state index in [2.05, 4.69) is 28.9 Å². The fraction of sp³-hybridized carbons (Fsp3) is 0.500. The van der Waals surface area contributed by atoms with Crippen molar-refractivity contribution in [2.75, 3.05) is 19.8 Å². The molecule has 0 fully saturated rings. The maximum atomic E-state index is 13.0. The first-order valence-corrected chi connectivity index (χ1v) is 9.78. The molecule has 0 rings (SSSR count). The Morgan fingerprint density at radius 1 is 1.34 bits per heavy atom. The van der Waals surface area contributed by atoms with Crippen LogP contribution < -0.4 is 10.6 Å². The molecule has 0 bridgehead atoms. The van der Waals surface area contributed by atoms with Crippen LogP contribution >= 0.6 is 0 Å². The molecule has 0 radical (unpaired) electrons. The Bertz CT molecular complexity index is 597. The summed E-state index contributed by atoms with van der Waals surface area (Å²) in [5, 5.41) is 23.5. The van der Waals surface area contributed by atoms with Crippen LogP contribution in [0.4, 0.5) is 0 Å². The van der Waals surface area contributed by atoms with Crippen LogP contribution in [0.5, 0.6) is 0 Å². The Labute approximate surface area is 174 Å². The number of carbonyl (C=O) groups is 1. The summed E-state index contributed by atoms with van der Waals surface area (Å²) in [5.74, 6) is -0.915. The number of nitrogens with one attached hydrogen (secondary N) is 3. The zero-order chi connectivity index (χ0) is 22.1. The molecule has 4 N–H and O–H groups in total. The smallest absolute Gasteiger partial charge is 0.229 e. The number of ether oxygens (including phenoxy) is 1. The molecule has 4 atom stereocenters. The van der Waals surface area contributed by atoms with E-state index in [4.69, 9.17) is 10.1 Å². The number of nitrogens with zero attached hydrogens (tertiary/aromatic N) is 1. The van der Waals surface area contributed by atoms with E-state index >= 15 is 0 Å². The lowest BCUT2D eigenvalue weighted by Crippen LogP contribution is -2.47. The Balaban J connectivity index is 5.38. The normalized spacial score (nSPS) is 16.0. The van der Waals surface area contributed by atoms with Gasteiger partial charge in [0.15, 0.2) is 0 Å². The van der Waals surface area contributed by atoms with Gasteiger partial charge in [-0.3, -0.25) is 9.79 Å². The molecule has 0 aromatic heterocycles. The highest BCUT2D eigenvalue weighted by Crippen LogP contribution is 2.09. The fourth-order valence-electron chi connectivity index (χ4n) is 2.41. The van der Waals surface area contributed by atoms with Crippen molar-refractivity contribution < 1.29 is 14.6 Å². The quantitative estimate of drug-likeness (QED) is 0.137. The average Bonchev–Trinajstić information content (AvgIpc) is 2.67. The number of aliphatic imine (C=N–C) groups is 1. The van der Waals surface area contributed by atoms with Gasteiger partial charge in [-0.15, -0.1) is 0 Å². The van der Waals surface area contributed by atoms with E-state index < -0.39 is 18.1 Å². The lowest BCUT2D eigenvalue weighted by Gasteiger charge is -2.24. The number of aliphatic hydroxyl groups is 1. The van der Waals surface area contributed by atoms with Gasteiger partial charge in [-0.05, 0) is 33.9 Å². The van der Waals surface area contributed by atoms with Crippen LogP contribution in [0.15, 0.2) is 53.7 Å². The van der Waals surface area contributed by atoms with Crippen molar-refractivity contribution in [3.63, 3.8) is 0 Å². The molecule has 0 spiro atoms. The van der Waals surface area contributed by atoms with Gasteiger partial charge < -0.3 is 25.9 Å². The maximum absolute atomic E-state index is 13.0. The first-order valence-electron chi connectivity index (χ1n) is 9.78. The van der Waals surface area contributed by atoms with Gasteiger partial charge in [0.1, 0.15) is 0 Å². The summed E-state index contributed by atoms with van der Waals surface area (Å²) >= 11 is 0. The van der Waals surface area contributed by atoms with Crippen LogP contribution in [0.2, 0.25) is 0 Å². The summed E-state index contributed by atoms with van der Waals surface area (Å²) in [6, 6.07) is -0.795. The van der Waals surface area contributed by atoms with Crippen LogP contribution in [-0.2, 0) is 9.53 Å². The third-order valence-electron chi connectivity index (χ3n) is 3.84. The highest BCUT2D eigenvalue weighted by atomic mass is 16.5. The molecule has 0 aromatic carbocycles. The molecule has 0 aromatic rings. The van der Waals surface area contributed by atoms with Gasteiger partial charge in [0.05, 0.1) is 30.7 Å². The predicted octanol–water partition coefficient (Wildman–Crippen LogP) is 2.41. The SMILES string of the molecule is C=N/C=C/CC(/C=C/C(=C)C)NC(=O)[C@@H](/C=C/C(C)O)C(C=N)NCCOCC. The summed E-state index contributed by atoms with van der Waals surface area (Å²) in [4.78, 5) is 16.7. The monoisotopic (exact) mass is 404 g/mol. The Morgan fingerprint density at radius 3 is 2.62 bits per heavy atom. The first-order chi connectivity index (χ1) is 13.8. The van der Waals surface area contributed by atoms with Crippen molar-refractivity contribution in [3.05, 3.63) is 48.7 Å².